The van der Waals surface area contributed by atoms with Crippen molar-refractivity contribution >= 4 is 38.5 Å². The van der Waals surface area contributed by atoms with E-state index in [2.05, 4.69) is 15.9 Å². The van der Waals surface area contributed by atoms with Crippen molar-refractivity contribution in [1.82, 2.24) is 0 Å². The summed E-state index contributed by atoms with van der Waals surface area (Å²) in [6, 6.07) is 5.37. The zero-order valence-electron chi connectivity index (χ0n) is 6.55. The van der Waals surface area contributed by atoms with Gasteiger partial charge in [-0.1, -0.05) is 0 Å². The molecule has 0 radical (unpaired) electrons. The van der Waals surface area contributed by atoms with Crippen LogP contribution in [0.25, 0.3) is 11.0 Å². The lowest BCUT2D eigenvalue weighted by Gasteiger charge is -1.97. The highest BCUT2D eigenvalue weighted by molar-refractivity contribution is 9.10. The molecule has 1 aromatic heterocycles. The summed E-state index contributed by atoms with van der Waals surface area (Å²) in [5.74, 6) is 0. The molecule has 0 saturated heterocycles. The van der Waals surface area contributed by atoms with Crippen molar-refractivity contribution < 1.29 is 9.52 Å². The molecular formula is C9H6BrClO2. The second-order valence-electron chi connectivity index (χ2n) is 2.70. The lowest BCUT2D eigenvalue weighted by Crippen LogP contribution is -1.81. The van der Waals surface area contributed by atoms with E-state index >= 15 is 0 Å². The predicted molar refractivity (Wildman–Crippen MR) is 54.8 cm³/mol. The van der Waals surface area contributed by atoms with Gasteiger partial charge in [-0.05, 0) is 45.2 Å². The molecule has 1 N–H and O–H groups in total. The van der Waals surface area contributed by atoms with E-state index in [1.165, 1.54) is 0 Å². The molecule has 0 unspecified atom stereocenters. The molecule has 0 aliphatic rings. The summed E-state index contributed by atoms with van der Waals surface area (Å²) in [5.41, 5.74) is 1.54. The average Bonchev–Trinajstić information content (AvgIpc) is 2.46. The van der Waals surface area contributed by atoms with Crippen molar-refractivity contribution in [3.05, 3.63) is 33.5 Å². The van der Waals surface area contributed by atoms with Gasteiger partial charge >= 0.3 is 0 Å². The monoisotopic (exact) mass is 260 g/mol. The number of benzene rings is 1. The number of hydrogen-bond acceptors (Lipinski definition) is 2. The third-order valence-electron chi connectivity index (χ3n) is 1.78. The Hall–Kier alpha value is -0.510. The van der Waals surface area contributed by atoms with Gasteiger partial charge in [-0.2, -0.15) is 0 Å². The molecule has 0 amide bonds. The van der Waals surface area contributed by atoms with Gasteiger partial charge in [0.2, 0.25) is 0 Å². The van der Waals surface area contributed by atoms with Crippen LogP contribution in [-0.2, 0) is 6.61 Å². The van der Waals surface area contributed by atoms with E-state index in [4.69, 9.17) is 21.1 Å². The molecule has 13 heavy (non-hydrogen) atoms. The van der Waals surface area contributed by atoms with Crippen molar-refractivity contribution in [3.63, 3.8) is 0 Å². The largest absolute Gasteiger partial charge is 0.444 e. The number of aliphatic hydroxyl groups is 1. The number of rotatable bonds is 1. The molecule has 2 nitrogen and oxygen atoms in total. The van der Waals surface area contributed by atoms with Crippen LogP contribution in [0.4, 0.5) is 0 Å². The molecule has 0 saturated carbocycles. The Kier molecular flexibility index (Phi) is 2.32. The van der Waals surface area contributed by atoms with Crippen molar-refractivity contribution in [1.29, 1.82) is 0 Å². The molecule has 68 valence electrons. The van der Waals surface area contributed by atoms with Gasteiger partial charge < -0.3 is 9.52 Å². The normalized spacial score (nSPS) is 11.0. The first kappa shape index (κ1) is 9.06. The average molecular weight is 262 g/mol. The molecule has 2 rings (SSSR count). The molecule has 0 fully saturated rings. The highest BCUT2D eigenvalue weighted by atomic mass is 79.9. The van der Waals surface area contributed by atoms with Crippen LogP contribution in [0.3, 0.4) is 0 Å². The predicted octanol–water partition coefficient (Wildman–Crippen LogP) is 3.34. The first-order valence-electron chi connectivity index (χ1n) is 3.69. The molecule has 0 atom stereocenters. The number of aliphatic hydroxyl groups excluding tert-OH is 1. The van der Waals surface area contributed by atoms with Crippen LogP contribution < -0.4 is 0 Å². The third kappa shape index (κ3) is 1.59. The number of fused-ring (bicyclic) bond motifs is 1. The fourth-order valence-electron chi connectivity index (χ4n) is 1.23. The maximum absolute atomic E-state index is 8.94. The number of halogens is 2. The summed E-state index contributed by atoms with van der Waals surface area (Å²) in [4.78, 5) is 0. The zero-order valence-corrected chi connectivity index (χ0v) is 8.89. The van der Waals surface area contributed by atoms with Gasteiger partial charge in [0.05, 0.1) is 11.1 Å². The van der Waals surface area contributed by atoms with Crippen LogP contribution in [-0.4, -0.2) is 5.11 Å². The van der Waals surface area contributed by atoms with Crippen LogP contribution in [0, 0.1) is 0 Å². The van der Waals surface area contributed by atoms with E-state index in [1.807, 2.05) is 12.1 Å². The van der Waals surface area contributed by atoms with Gasteiger partial charge in [-0.15, -0.1) is 0 Å². The van der Waals surface area contributed by atoms with E-state index in [0.29, 0.717) is 10.8 Å². The van der Waals surface area contributed by atoms with Crippen molar-refractivity contribution in [2.75, 3.05) is 0 Å². The summed E-state index contributed by atoms with van der Waals surface area (Å²) >= 11 is 9.04. The van der Waals surface area contributed by atoms with Crippen LogP contribution in [0.1, 0.15) is 5.56 Å². The maximum Gasteiger partial charge on any atom is 0.194 e. The molecule has 0 aliphatic heterocycles. The fraction of sp³-hybridized carbons (Fsp3) is 0.111. The van der Waals surface area contributed by atoms with Crippen LogP contribution >= 0.6 is 27.5 Å². The molecule has 0 bridgehead atoms. The molecular weight excluding hydrogens is 255 g/mol. The molecule has 4 heteroatoms. The standard InChI is InChI=1S/C9H6BrClO2/c10-7-2-5(4-12)1-6-3-8(11)13-9(6)7/h1-3,12H,4H2. The highest BCUT2D eigenvalue weighted by Crippen LogP contribution is 2.30. The molecule has 0 aliphatic carbocycles. The highest BCUT2D eigenvalue weighted by Gasteiger charge is 2.06. The van der Waals surface area contributed by atoms with E-state index in [9.17, 15) is 0 Å². The quantitative estimate of drug-likeness (QED) is 0.854. The van der Waals surface area contributed by atoms with E-state index < -0.39 is 0 Å². The maximum atomic E-state index is 8.94. The first-order chi connectivity index (χ1) is 6.20. The lowest BCUT2D eigenvalue weighted by molar-refractivity contribution is 0.282. The third-order valence-corrected chi connectivity index (χ3v) is 2.56. The zero-order chi connectivity index (χ0) is 9.42. The van der Waals surface area contributed by atoms with Gasteiger partial charge in [0.1, 0.15) is 5.58 Å². The summed E-state index contributed by atoms with van der Waals surface area (Å²) in [6.07, 6.45) is 0. The molecule has 1 heterocycles. The Labute approximate surface area is 88.2 Å². The SMILES string of the molecule is OCc1cc(Br)c2oc(Cl)cc2c1. The summed E-state index contributed by atoms with van der Waals surface area (Å²) in [6.45, 7) is 0.0112. The second kappa shape index (κ2) is 3.33. The minimum Gasteiger partial charge on any atom is -0.444 e. The topological polar surface area (TPSA) is 33.4 Å². The Morgan fingerprint density at radius 2 is 2.15 bits per heavy atom. The van der Waals surface area contributed by atoms with Gasteiger partial charge in [0.15, 0.2) is 5.22 Å². The fourth-order valence-corrected chi connectivity index (χ4v) is 2.03. The van der Waals surface area contributed by atoms with Crippen LogP contribution in [0.5, 0.6) is 0 Å². The first-order valence-corrected chi connectivity index (χ1v) is 4.86. The lowest BCUT2D eigenvalue weighted by atomic mass is 10.2. The van der Waals surface area contributed by atoms with Gasteiger partial charge in [0, 0.05) is 11.5 Å². The van der Waals surface area contributed by atoms with Crippen LogP contribution in [0.15, 0.2) is 27.1 Å². The summed E-state index contributed by atoms with van der Waals surface area (Å²) < 4.78 is 6.04. The Morgan fingerprint density at radius 3 is 2.85 bits per heavy atom. The minimum atomic E-state index is 0.0112. The van der Waals surface area contributed by atoms with E-state index in [-0.39, 0.29) is 6.61 Å². The van der Waals surface area contributed by atoms with Gasteiger partial charge in [-0.25, -0.2) is 0 Å². The summed E-state index contributed by atoms with van der Waals surface area (Å²) in [7, 11) is 0. The van der Waals surface area contributed by atoms with Crippen LogP contribution in [0.2, 0.25) is 5.22 Å². The second-order valence-corrected chi connectivity index (χ2v) is 3.93. The Balaban J connectivity index is 2.75. The molecule has 1 aromatic carbocycles. The smallest absolute Gasteiger partial charge is 0.194 e. The molecule has 0 spiro atoms. The van der Waals surface area contributed by atoms with Crippen molar-refractivity contribution in [2.24, 2.45) is 0 Å². The molecule has 2 aromatic rings. The Bertz CT molecular complexity index is 450. The minimum absolute atomic E-state index is 0.0112. The van der Waals surface area contributed by atoms with Crippen molar-refractivity contribution in [2.45, 2.75) is 6.61 Å². The van der Waals surface area contributed by atoms with Gasteiger partial charge in [-0.3, -0.25) is 0 Å². The van der Waals surface area contributed by atoms with Gasteiger partial charge in [0.25, 0.3) is 0 Å². The number of furan rings is 1. The van der Waals surface area contributed by atoms with Crippen molar-refractivity contribution in [3.8, 4) is 0 Å². The number of hydrogen-bond donors (Lipinski definition) is 1. The van der Waals surface area contributed by atoms with E-state index in [1.54, 1.807) is 6.07 Å². The Morgan fingerprint density at radius 1 is 1.38 bits per heavy atom. The van der Waals surface area contributed by atoms with E-state index in [0.717, 1.165) is 15.4 Å². The summed E-state index contributed by atoms with van der Waals surface area (Å²) in [5, 5.41) is 10.2.